The highest BCUT2D eigenvalue weighted by atomic mass is 19.4. The number of carbonyl (C=O) groups excluding carboxylic acids is 2. The van der Waals surface area contributed by atoms with Crippen LogP contribution < -0.4 is 10.1 Å². The number of ether oxygens (including phenoxy) is 1. The Balaban J connectivity index is 1.52. The van der Waals surface area contributed by atoms with Crippen LogP contribution in [0.1, 0.15) is 40.3 Å². The molecule has 212 valence electrons. The Morgan fingerprint density at radius 1 is 1.20 bits per heavy atom. The number of hydrogen-bond donors (Lipinski definition) is 1. The summed E-state index contributed by atoms with van der Waals surface area (Å²) in [6.45, 7) is -4.27. The highest BCUT2D eigenvalue weighted by Crippen LogP contribution is 2.36. The molecule has 2 aliphatic rings. The third kappa shape index (κ3) is 4.70. The minimum atomic E-state index is -4.72. The van der Waals surface area contributed by atoms with Gasteiger partial charge in [-0.15, -0.1) is 0 Å². The summed E-state index contributed by atoms with van der Waals surface area (Å²) < 4.78 is 80.0. The highest BCUT2D eigenvalue weighted by molar-refractivity contribution is 6.05. The number of aromatic nitrogens is 3. The minimum Gasteiger partial charge on any atom is -0.493 e. The molecule has 41 heavy (non-hydrogen) atoms. The van der Waals surface area contributed by atoms with Gasteiger partial charge >= 0.3 is 6.18 Å². The van der Waals surface area contributed by atoms with Crippen molar-refractivity contribution in [3.05, 3.63) is 76.6 Å². The molecule has 6 rings (SSSR count). The lowest BCUT2D eigenvalue weighted by Crippen LogP contribution is -2.39. The van der Waals surface area contributed by atoms with E-state index in [4.69, 9.17) is 7.48 Å². The molecule has 0 spiro atoms. The van der Waals surface area contributed by atoms with Crippen LogP contribution in [0, 0.1) is 5.82 Å². The number of halogens is 4. The molecule has 4 aromatic rings. The van der Waals surface area contributed by atoms with E-state index in [0.29, 0.717) is 33.8 Å². The molecule has 0 aliphatic carbocycles. The summed E-state index contributed by atoms with van der Waals surface area (Å²) in [5, 5.41) is 2.59. The van der Waals surface area contributed by atoms with Gasteiger partial charge in [-0.1, -0.05) is 6.07 Å². The van der Waals surface area contributed by atoms with Gasteiger partial charge in [0.2, 0.25) is 5.95 Å². The van der Waals surface area contributed by atoms with E-state index < -0.39 is 37.5 Å². The van der Waals surface area contributed by atoms with Crippen molar-refractivity contribution in [3.8, 4) is 16.9 Å². The molecule has 0 saturated heterocycles. The lowest BCUT2D eigenvalue weighted by atomic mass is 9.95. The predicted octanol–water partition coefficient (Wildman–Crippen LogP) is 4.30. The van der Waals surface area contributed by atoms with E-state index in [2.05, 4.69) is 15.3 Å². The van der Waals surface area contributed by atoms with Crippen LogP contribution in [0.25, 0.3) is 16.6 Å². The maximum absolute atomic E-state index is 15.0. The second-order valence-corrected chi connectivity index (χ2v) is 9.90. The van der Waals surface area contributed by atoms with E-state index >= 15 is 0 Å². The third-order valence-electron chi connectivity index (χ3n) is 6.96. The van der Waals surface area contributed by atoms with Gasteiger partial charge in [0.1, 0.15) is 24.4 Å². The van der Waals surface area contributed by atoms with Crippen molar-refractivity contribution in [2.75, 3.05) is 32.6 Å². The fourth-order valence-electron chi connectivity index (χ4n) is 5.11. The first-order valence-corrected chi connectivity index (χ1v) is 12.5. The number of nitrogens with zero attached hydrogens (tertiary/aromatic N) is 5. The first-order chi connectivity index (χ1) is 20.2. The van der Waals surface area contributed by atoms with E-state index in [-0.39, 0.29) is 46.4 Å². The molecule has 4 heterocycles. The largest absolute Gasteiger partial charge is 0.493 e. The van der Waals surface area contributed by atoms with Gasteiger partial charge in [-0.25, -0.2) is 14.4 Å². The summed E-state index contributed by atoms with van der Waals surface area (Å²) in [4.78, 5) is 36.6. The molecule has 1 N–H and O–H groups in total. The molecule has 0 radical (unpaired) electrons. The third-order valence-corrected chi connectivity index (χ3v) is 6.96. The van der Waals surface area contributed by atoms with Gasteiger partial charge < -0.3 is 19.9 Å². The number of imidazole rings is 1. The second-order valence-electron chi connectivity index (χ2n) is 9.90. The van der Waals surface area contributed by atoms with Crippen LogP contribution in [-0.2, 0) is 19.5 Å². The number of rotatable bonds is 5. The Kier molecular flexibility index (Phi) is 5.74. The van der Waals surface area contributed by atoms with Gasteiger partial charge in [-0.05, 0) is 35.4 Å². The van der Waals surface area contributed by atoms with Gasteiger partial charge in [-0.2, -0.15) is 13.2 Å². The van der Waals surface area contributed by atoms with Crippen molar-refractivity contribution in [2.24, 2.45) is 0 Å². The lowest BCUT2D eigenvalue weighted by Gasteiger charge is -2.27. The molecule has 9 nitrogen and oxygen atoms in total. The fourth-order valence-corrected chi connectivity index (χ4v) is 5.11. The number of nitrogens with one attached hydrogen (secondary N) is 1. The quantitative estimate of drug-likeness (QED) is 0.360. The van der Waals surface area contributed by atoms with Crippen molar-refractivity contribution in [2.45, 2.75) is 25.6 Å². The standard InChI is InChI=1S/C28H24F4N6O3/c1-36(2)25(39)15-3-4-17-16(9-15)12-37(13-28(30,31)32)26(40)23-24-20(17)11-34-27(38(24)14-35-23)33-10-19-18-7-8-41-22(18)6-5-21(19)29/h3-6,9,11,14H,7-8,10,12-13H2,1-2H3,(H,33,34)/i10D2. The maximum atomic E-state index is 15.0. The van der Waals surface area contributed by atoms with E-state index in [9.17, 15) is 27.2 Å². The molecule has 2 amide bonds. The normalized spacial score (nSPS) is 15.4. The summed E-state index contributed by atoms with van der Waals surface area (Å²) in [6, 6.07) is 7.06. The first-order valence-electron chi connectivity index (χ1n) is 13.5. The van der Waals surface area contributed by atoms with Gasteiger partial charge in [0.15, 0.2) is 5.69 Å². The van der Waals surface area contributed by atoms with Crippen LogP contribution in [0.15, 0.2) is 42.9 Å². The van der Waals surface area contributed by atoms with E-state index in [1.807, 2.05) is 0 Å². The molecule has 0 unspecified atom stereocenters. The van der Waals surface area contributed by atoms with Crippen molar-refractivity contribution in [1.29, 1.82) is 0 Å². The summed E-state index contributed by atoms with van der Waals surface area (Å²) in [5.74, 6) is -2.00. The maximum Gasteiger partial charge on any atom is 0.406 e. The Morgan fingerprint density at radius 2 is 2.00 bits per heavy atom. The first kappa shape index (κ1) is 24.1. The Hall–Kier alpha value is -4.68. The van der Waals surface area contributed by atoms with Gasteiger partial charge in [0, 0.05) is 62.0 Å². The SMILES string of the molecule is [2H]C([2H])(Nc1ncc2c3c(ncn13)C(=O)N(CC(F)(F)F)Cc1cc(C(=O)N(C)C)ccc1-2)c1c(F)ccc2c1CCO2. The Morgan fingerprint density at radius 3 is 2.76 bits per heavy atom. The molecule has 0 atom stereocenters. The number of hydrogen-bond acceptors (Lipinski definition) is 6. The average Bonchev–Trinajstić information content (AvgIpc) is 3.58. The fraction of sp³-hybridized carbons (Fsp3) is 0.286. The van der Waals surface area contributed by atoms with Crippen LogP contribution in [0.5, 0.6) is 5.75 Å². The van der Waals surface area contributed by atoms with Crippen molar-refractivity contribution < 1.29 is 34.6 Å². The van der Waals surface area contributed by atoms with E-state index in [0.717, 1.165) is 12.4 Å². The van der Waals surface area contributed by atoms with Crippen LogP contribution >= 0.6 is 0 Å². The van der Waals surface area contributed by atoms with Gasteiger partial charge in [0.25, 0.3) is 11.8 Å². The molecule has 2 aliphatic heterocycles. The number of benzene rings is 2. The topological polar surface area (TPSA) is 92.1 Å². The van der Waals surface area contributed by atoms with Gasteiger partial charge in [-0.3, -0.25) is 14.0 Å². The van der Waals surface area contributed by atoms with E-state index in [1.165, 1.54) is 47.8 Å². The molecular weight excluding hydrogens is 544 g/mol. The molecule has 0 saturated carbocycles. The molecular formula is C28H24F4N6O3. The van der Waals surface area contributed by atoms with Crippen molar-refractivity contribution in [1.82, 2.24) is 24.2 Å². The molecule has 13 heteroatoms. The number of carbonyl (C=O) groups is 2. The summed E-state index contributed by atoms with van der Waals surface area (Å²) >= 11 is 0. The lowest BCUT2D eigenvalue weighted by molar-refractivity contribution is -0.141. The van der Waals surface area contributed by atoms with Gasteiger partial charge in [0.05, 0.1) is 14.9 Å². The number of anilines is 1. The average molecular weight is 571 g/mol. The van der Waals surface area contributed by atoms with Crippen LogP contribution in [0.3, 0.4) is 0 Å². The predicted molar refractivity (Wildman–Crippen MR) is 140 cm³/mol. The molecule has 0 fully saturated rings. The second kappa shape index (κ2) is 9.75. The minimum absolute atomic E-state index is 0.0696. The van der Waals surface area contributed by atoms with E-state index in [1.54, 1.807) is 6.07 Å². The van der Waals surface area contributed by atoms with Crippen LogP contribution in [-0.4, -0.2) is 69.4 Å². The Labute approximate surface area is 234 Å². The molecule has 0 bridgehead atoms. The molecule has 2 aromatic carbocycles. The summed E-state index contributed by atoms with van der Waals surface area (Å²) in [7, 11) is 3.08. The zero-order valence-electron chi connectivity index (χ0n) is 23.8. The summed E-state index contributed by atoms with van der Waals surface area (Å²) in [6.07, 6.45) is -1.95. The van der Waals surface area contributed by atoms with Crippen molar-refractivity contribution >= 4 is 23.3 Å². The van der Waals surface area contributed by atoms with Crippen LogP contribution in [0.2, 0.25) is 0 Å². The Bertz CT molecular complexity index is 1810. The zero-order valence-corrected chi connectivity index (χ0v) is 21.8. The highest BCUT2D eigenvalue weighted by Gasteiger charge is 2.37. The monoisotopic (exact) mass is 570 g/mol. The van der Waals surface area contributed by atoms with Crippen LogP contribution in [0.4, 0.5) is 23.5 Å². The summed E-state index contributed by atoms with van der Waals surface area (Å²) in [5.41, 5.74) is 1.10. The zero-order chi connectivity index (χ0) is 30.8. The number of fused-ring (bicyclic) bond motifs is 3. The number of amides is 2. The molecule has 2 aromatic heterocycles. The smallest absolute Gasteiger partial charge is 0.406 e. The number of alkyl halides is 3. The van der Waals surface area contributed by atoms with Crippen molar-refractivity contribution in [3.63, 3.8) is 0 Å².